The summed E-state index contributed by atoms with van der Waals surface area (Å²) in [5.74, 6) is 0. The molecule has 0 N–H and O–H groups in total. The van der Waals surface area contributed by atoms with Crippen molar-refractivity contribution >= 4 is 19.3 Å². The van der Waals surface area contributed by atoms with Gasteiger partial charge < -0.3 is 4.23 Å². The van der Waals surface area contributed by atoms with Crippen LogP contribution in [0.3, 0.4) is 0 Å². The third-order valence-electron chi connectivity index (χ3n) is 2.63. The summed E-state index contributed by atoms with van der Waals surface area (Å²) in [6, 6.07) is 7.97. The Kier molecular flexibility index (Phi) is 2.11. The second-order valence-corrected chi connectivity index (χ2v) is 9.63. The highest BCUT2D eigenvalue weighted by molar-refractivity contribution is 6.75. The summed E-state index contributed by atoms with van der Waals surface area (Å²) in [6.07, 6.45) is 0. The lowest BCUT2D eigenvalue weighted by Crippen LogP contribution is -2.41. The number of aromatic nitrogens is 2. The van der Waals surface area contributed by atoms with Gasteiger partial charge in [0.05, 0.1) is 11.0 Å². The largest absolute Gasteiger partial charge is 0.321 e. The molecule has 15 heavy (non-hydrogen) atoms. The Morgan fingerprint density at radius 2 is 1.60 bits per heavy atom. The van der Waals surface area contributed by atoms with Crippen LogP contribution < -0.4 is 5.69 Å². The molecule has 3 nitrogen and oxygen atoms in total. The molecule has 0 saturated heterocycles. The van der Waals surface area contributed by atoms with Crippen molar-refractivity contribution in [2.45, 2.75) is 19.6 Å². The van der Waals surface area contributed by atoms with Crippen molar-refractivity contribution in [3.8, 4) is 0 Å². The molecular formula is C11H16N2OSi. The fourth-order valence-corrected chi connectivity index (χ4v) is 3.58. The van der Waals surface area contributed by atoms with Gasteiger partial charge in [-0.25, -0.2) is 4.79 Å². The number of imidazole rings is 1. The Morgan fingerprint density at radius 3 is 2.13 bits per heavy atom. The summed E-state index contributed by atoms with van der Waals surface area (Å²) in [5, 5.41) is 0. The molecule has 1 aromatic carbocycles. The molecule has 1 aromatic heterocycles. The van der Waals surface area contributed by atoms with Gasteiger partial charge in [-0.3, -0.25) is 4.57 Å². The van der Waals surface area contributed by atoms with Gasteiger partial charge in [0.2, 0.25) is 0 Å². The third kappa shape index (κ3) is 1.45. The maximum Gasteiger partial charge on any atom is 0.320 e. The van der Waals surface area contributed by atoms with Crippen LogP contribution in [0.2, 0.25) is 19.6 Å². The van der Waals surface area contributed by atoms with E-state index in [2.05, 4.69) is 19.6 Å². The normalized spacial score (nSPS) is 12.3. The van der Waals surface area contributed by atoms with Crippen LogP contribution in [0.1, 0.15) is 0 Å². The van der Waals surface area contributed by atoms with Crippen LogP contribution >= 0.6 is 0 Å². The summed E-state index contributed by atoms with van der Waals surface area (Å²) in [7, 11) is 0.196. The van der Waals surface area contributed by atoms with Crippen LogP contribution in [0.5, 0.6) is 0 Å². The summed E-state index contributed by atoms with van der Waals surface area (Å²) < 4.78 is 3.70. The van der Waals surface area contributed by atoms with Crippen LogP contribution in [-0.4, -0.2) is 17.0 Å². The molecule has 0 radical (unpaired) electrons. The van der Waals surface area contributed by atoms with Crippen LogP contribution in [0, 0.1) is 0 Å². The molecule has 0 atom stereocenters. The number of rotatable bonds is 1. The molecule has 2 rings (SSSR count). The topological polar surface area (TPSA) is 26.9 Å². The standard InChI is InChI=1S/C11H16N2OSi/c1-12-9-7-5-6-8-10(9)13(11(12)14)15(2,3)4/h5-8H,1-4H3. The molecule has 0 saturated carbocycles. The van der Waals surface area contributed by atoms with Gasteiger partial charge in [0, 0.05) is 7.05 Å². The highest BCUT2D eigenvalue weighted by Crippen LogP contribution is 2.15. The van der Waals surface area contributed by atoms with E-state index in [1.54, 1.807) is 4.57 Å². The lowest BCUT2D eigenvalue weighted by molar-refractivity contribution is 0.862. The van der Waals surface area contributed by atoms with Gasteiger partial charge in [0.15, 0.2) is 8.24 Å². The van der Waals surface area contributed by atoms with Gasteiger partial charge in [-0.2, -0.15) is 0 Å². The number of fused-ring (bicyclic) bond motifs is 1. The van der Waals surface area contributed by atoms with Crippen LogP contribution in [0.15, 0.2) is 29.1 Å². The van der Waals surface area contributed by atoms with Crippen molar-refractivity contribution in [3.05, 3.63) is 34.7 Å². The molecule has 4 heteroatoms. The molecule has 0 spiro atoms. The van der Waals surface area contributed by atoms with Gasteiger partial charge in [-0.05, 0) is 12.1 Å². The van der Waals surface area contributed by atoms with Crippen LogP contribution in [0.25, 0.3) is 11.0 Å². The average molecular weight is 220 g/mol. The zero-order valence-electron chi connectivity index (χ0n) is 9.61. The Balaban J connectivity index is 2.97. The van der Waals surface area contributed by atoms with Gasteiger partial charge in [0.25, 0.3) is 0 Å². The number of hydrogen-bond donors (Lipinski definition) is 0. The van der Waals surface area contributed by atoms with Crippen molar-refractivity contribution in [1.82, 2.24) is 8.80 Å². The number of aryl methyl sites for hydroxylation is 1. The predicted molar refractivity (Wildman–Crippen MR) is 65.9 cm³/mol. The van der Waals surface area contributed by atoms with E-state index >= 15 is 0 Å². The second-order valence-electron chi connectivity index (χ2n) is 4.84. The first-order chi connectivity index (χ1) is 6.93. The highest BCUT2D eigenvalue weighted by Gasteiger charge is 2.22. The van der Waals surface area contributed by atoms with E-state index in [-0.39, 0.29) is 5.69 Å². The van der Waals surface area contributed by atoms with Crippen molar-refractivity contribution in [2.24, 2.45) is 7.05 Å². The van der Waals surface area contributed by atoms with E-state index in [1.165, 1.54) is 0 Å². The third-order valence-corrected chi connectivity index (χ3v) is 4.41. The Morgan fingerprint density at radius 1 is 1.07 bits per heavy atom. The molecule has 0 unspecified atom stereocenters. The van der Waals surface area contributed by atoms with Gasteiger partial charge >= 0.3 is 5.69 Å². The zero-order valence-corrected chi connectivity index (χ0v) is 10.6. The maximum atomic E-state index is 12.1. The number of para-hydroxylation sites is 2. The highest BCUT2D eigenvalue weighted by atomic mass is 28.3. The summed E-state index contributed by atoms with van der Waals surface area (Å²) in [5.41, 5.74) is 2.18. The van der Waals surface area contributed by atoms with Gasteiger partial charge in [-0.15, -0.1) is 0 Å². The quantitative estimate of drug-likeness (QED) is 0.675. The summed E-state index contributed by atoms with van der Waals surface area (Å²) in [4.78, 5) is 12.1. The maximum absolute atomic E-state index is 12.1. The SMILES string of the molecule is Cn1c(=O)n([Si](C)(C)C)c2ccccc21. The molecule has 0 amide bonds. The van der Waals surface area contributed by atoms with Gasteiger partial charge in [0.1, 0.15) is 0 Å². The molecule has 0 aliphatic carbocycles. The van der Waals surface area contributed by atoms with Crippen molar-refractivity contribution < 1.29 is 0 Å². The molecule has 0 fully saturated rings. The Labute approximate surface area is 90.0 Å². The summed E-state index contributed by atoms with van der Waals surface area (Å²) >= 11 is 0. The smallest absolute Gasteiger partial charge is 0.320 e. The van der Waals surface area contributed by atoms with Crippen LogP contribution in [0.4, 0.5) is 0 Å². The van der Waals surface area contributed by atoms with E-state index in [4.69, 9.17) is 0 Å². The van der Waals surface area contributed by atoms with E-state index < -0.39 is 8.24 Å². The lowest BCUT2D eigenvalue weighted by atomic mass is 10.3. The van der Waals surface area contributed by atoms with E-state index in [0.717, 1.165) is 11.0 Å². The predicted octanol–water partition coefficient (Wildman–Crippen LogP) is 2.02. The first kappa shape index (κ1) is 10.2. The van der Waals surface area contributed by atoms with Crippen molar-refractivity contribution in [2.75, 3.05) is 0 Å². The average Bonchev–Trinajstić information content (AvgIpc) is 2.39. The fraction of sp³-hybridized carbons (Fsp3) is 0.364. The second kappa shape index (κ2) is 3.10. The van der Waals surface area contributed by atoms with Crippen molar-refractivity contribution in [1.29, 1.82) is 0 Å². The van der Waals surface area contributed by atoms with Crippen LogP contribution in [-0.2, 0) is 7.05 Å². The van der Waals surface area contributed by atoms with Gasteiger partial charge in [-0.1, -0.05) is 31.8 Å². The minimum Gasteiger partial charge on any atom is -0.321 e. The molecule has 0 aliphatic heterocycles. The number of hydrogen-bond acceptors (Lipinski definition) is 1. The minimum absolute atomic E-state index is 0.107. The number of nitrogens with zero attached hydrogens (tertiary/aromatic N) is 2. The van der Waals surface area contributed by atoms with E-state index in [0.29, 0.717) is 0 Å². The first-order valence-corrected chi connectivity index (χ1v) is 8.54. The molecule has 2 aromatic rings. The first-order valence-electron chi connectivity index (χ1n) is 5.10. The zero-order chi connectivity index (χ0) is 11.2. The molecule has 0 aliphatic rings. The molecule has 1 heterocycles. The Bertz CT molecular complexity index is 560. The molecule has 80 valence electrons. The van der Waals surface area contributed by atoms with E-state index in [1.807, 2.05) is 35.5 Å². The Hall–Kier alpha value is -1.29. The summed E-state index contributed by atoms with van der Waals surface area (Å²) in [6.45, 7) is 6.54. The molecule has 0 bridgehead atoms. The van der Waals surface area contributed by atoms with E-state index in [9.17, 15) is 4.79 Å². The molecular weight excluding hydrogens is 204 g/mol. The minimum atomic E-state index is -1.64. The number of benzene rings is 1. The lowest BCUT2D eigenvalue weighted by Gasteiger charge is -2.17. The fourth-order valence-electron chi connectivity index (χ4n) is 1.94. The monoisotopic (exact) mass is 220 g/mol. The van der Waals surface area contributed by atoms with Crippen molar-refractivity contribution in [3.63, 3.8) is 0 Å².